The summed E-state index contributed by atoms with van der Waals surface area (Å²) in [5.41, 5.74) is -0.0131. The Hall–Kier alpha value is -0.570. The van der Waals surface area contributed by atoms with Crippen LogP contribution in [-0.4, -0.2) is 24.2 Å². The Morgan fingerprint density at radius 3 is 2.59 bits per heavy atom. The largest absolute Gasteiger partial charge is 0.396 e. The summed E-state index contributed by atoms with van der Waals surface area (Å²) in [7, 11) is 0. The second-order valence-electron chi connectivity index (χ2n) is 6.50. The van der Waals surface area contributed by atoms with Gasteiger partial charge in [0.05, 0.1) is 0 Å². The molecule has 0 aromatic carbocycles. The minimum Gasteiger partial charge on any atom is -0.396 e. The van der Waals surface area contributed by atoms with Crippen LogP contribution in [0.15, 0.2) is 0 Å². The molecule has 0 bridgehead atoms. The standard InChI is InChI=1S/C14H25NO2/c1-14(2,9-16)7-4-8-15-13(17)12-10-5-3-6-11(10)12/h10-12,16H,3-9H2,1-2H3,(H,15,17). The van der Waals surface area contributed by atoms with Gasteiger partial charge in [0.15, 0.2) is 0 Å². The van der Waals surface area contributed by atoms with Crippen LogP contribution in [0.3, 0.4) is 0 Å². The van der Waals surface area contributed by atoms with Crippen LogP contribution < -0.4 is 5.32 Å². The van der Waals surface area contributed by atoms with Crippen LogP contribution in [0, 0.1) is 23.2 Å². The van der Waals surface area contributed by atoms with Crippen LogP contribution in [0.5, 0.6) is 0 Å². The van der Waals surface area contributed by atoms with Gasteiger partial charge >= 0.3 is 0 Å². The van der Waals surface area contributed by atoms with Crippen LogP contribution in [0.25, 0.3) is 0 Å². The van der Waals surface area contributed by atoms with Gasteiger partial charge in [-0.25, -0.2) is 0 Å². The zero-order valence-electron chi connectivity index (χ0n) is 11.0. The lowest BCUT2D eigenvalue weighted by Crippen LogP contribution is -2.28. The quantitative estimate of drug-likeness (QED) is 0.696. The second kappa shape index (κ2) is 4.97. The van der Waals surface area contributed by atoms with Crippen molar-refractivity contribution in [3.05, 3.63) is 0 Å². The zero-order chi connectivity index (χ0) is 12.5. The predicted molar refractivity (Wildman–Crippen MR) is 67.4 cm³/mol. The van der Waals surface area contributed by atoms with E-state index in [0.29, 0.717) is 17.8 Å². The van der Waals surface area contributed by atoms with Gasteiger partial charge in [-0.1, -0.05) is 20.3 Å². The lowest BCUT2D eigenvalue weighted by molar-refractivity contribution is -0.123. The minimum atomic E-state index is -0.0131. The maximum Gasteiger partial charge on any atom is 0.223 e. The second-order valence-corrected chi connectivity index (χ2v) is 6.50. The van der Waals surface area contributed by atoms with Gasteiger partial charge in [-0.05, 0) is 42.9 Å². The molecule has 3 nitrogen and oxygen atoms in total. The van der Waals surface area contributed by atoms with Gasteiger partial charge in [0.2, 0.25) is 5.91 Å². The molecule has 17 heavy (non-hydrogen) atoms. The van der Waals surface area contributed by atoms with E-state index in [0.717, 1.165) is 19.4 Å². The summed E-state index contributed by atoms with van der Waals surface area (Å²) in [5, 5.41) is 12.2. The molecule has 0 aromatic rings. The molecule has 2 aliphatic rings. The van der Waals surface area contributed by atoms with Crippen molar-refractivity contribution in [2.45, 2.75) is 46.0 Å². The van der Waals surface area contributed by atoms with Crippen LogP contribution >= 0.6 is 0 Å². The third-order valence-electron chi connectivity index (χ3n) is 4.47. The average molecular weight is 239 g/mol. The number of hydrogen-bond acceptors (Lipinski definition) is 2. The number of carbonyl (C=O) groups excluding carboxylic acids is 1. The summed E-state index contributed by atoms with van der Waals surface area (Å²) in [6.07, 6.45) is 5.77. The lowest BCUT2D eigenvalue weighted by Gasteiger charge is -2.21. The molecule has 98 valence electrons. The molecule has 0 aromatic heterocycles. The van der Waals surface area contributed by atoms with E-state index in [1.807, 2.05) is 0 Å². The molecule has 3 heteroatoms. The van der Waals surface area contributed by atoms with E-state index in [1.165, 1.54) is 19.3 Å². The highest BCUT2D eigenvalue weighted by Crippen LogP contribution is 2.57. The summed E-state index contributed by atoms with van der Waals surface area (Å²) < 4.78 is 0. The maximum atomic E-state index is 11.9. The van der Waals surface area contributed by atoms with Crippen molar-refractivity contribution in [2.75, 3.05) is 13.2 Å². The Kier molecular flexibility index (Phi) is 3.76. The molecular weight excluding hydrogens is 214 g/mol. The molecule has 2 unspecified atom stereocenters. The van der Waals surface area contributed by atoms with Crippen molar-refractivity contribution in [1.82, 2.24) is 5.32 Å². The van der Waals surface area contributed by atoms with Gasteiger partial charge in [0.25, 0.3) is 0 Å². The van der Waals surface area contributed by atoms with Crippen LogP contribution in [0.1, 0.15) is 46.0 Å². The van der Waals surface area contributed by atoms with E-state index >= 15 is 0 Å². The fourth-order valence-corrected chi connectivity index (χ4v) is 3.19. The van der Waals surface area contributed by atoms with Crippen LogP contribution in [0.2, 0.25) is 0 Å². The molecule has 2 aliphatic carbocycles. The highest BCUT2D eigenvalue weighted by Gasteiger charge is 2.56. The minimum absolute atomic E-state index is 0.0131. The molecular formula is C14H25NO2. The molecule has 1 amide bonds. The van der Waals surface area contributed by atoms with Gasteiger partial charge in [0, 0.05) is 19.1 Å². The topological polar surface area (TPSA) is 49.3 Å². The molecule has 2 N–H and O–H groups in total. The number of rotatable bonds is 6. The van der Waals surface area contributed by atoms with Gasteiger partial charge < -0.3 is 10.4 Å². The van der Waals surface area contributed by atoms with Crippen LogP contribution in [0.4, 0.5) is 0 Å². The number of hydrogen-bond donors (Lipinski definition) is 2. The molecule has 2 saturated carbocycles. The van der Waals surface area contributed by atoms with E-state index in [2.05, 4.69) is 19.2 Å². The van der Waals surface area contributed by atoms with E-state index < -0.39 is 0 Å². The van der Waals surface area contributed by atoms with Crippen molar-refractivity contribution in [3.63, 3.8) is 0 Å². The molecule has 0 aliphatic heterocycles. The maximum absolute atomic E-state index is 11.9. The number of aliphatic hydroxyl groups is 1. The molecule has 0 radical (unpaired) electrons. The third kappa shape index (κ3) is 3.01. The summed E-state index contributed by atoms with van der Waals surface area (Å²) in [5.74, 6) is 2.05. The number of fused-ring (bicyclic) bond motifs is 1. The average Bonchev–Trinajstić information content (AvgIpc) is 2.78. The Morgan fingerprint density at radius 2 is 2.00 bits per heavy atom. The van der Waals surface area contributed by atoms with Crippen LogP contribution in [-0.2, 0) is 4.79 Å². The Labute approximate surface area is 104 Å². The monoisotopic (exact) mass is 239 g/mol. The normalized spacial score (nSPS) is 31.1. The van der Waals surface area contributed by atoms with Crippen molar-refractivity contribution in [3.8, 4) is 0 Å². The first-order valence-electron chi connectivity index (χ1n) is 6.94. The number of carbonyl (C=O) groups is 1. The van der Waals surface area contributed by atoms with Gasteiger partial charge in [-0.3, -0.25) is 4.79 Å². The smallest absolute Gasteiger partial charge is 0.223 e. The Bertz CT molecular complexity index is 278. The van der Waals surface area contributed by atoms with Crippen molar-refractivity contribution >= 4 is 5.91 Å². The molecule has 0 heterocycles. The molecule has 2 fully saturated rings. The third-order valence-corrected chi connectivity index (χ3v) is 4.47. The SMILES string of the molecule is CC(C)(CO)CCCNC(=O)C1C2CCCC21. The lowest BCUT2D eigenvalue weighted by atomic mass is 9.89. The summed E-state index contributed by atoms with van der Waals surface area (Å²) in [4.78, 5) is 11.9. The van der Waals surface area contributed by atoms with E-state index in [9.17, 15) is 4.79 Å². The Balaban J connectivity index is 1.58. The first-order chi connectivity index (χ1) is 8.05. The van der Waals surface area contributed by atoms with Gasteiger partial charge in [-0.2, -0.15) is 0 Å². The summed E-state index contributed by atoms with van der Waals surface area (Å²) >= 11 is 0. The first-order valence-corrected chi connectivity index (χ1v) is 6.94. The molecule has 2 rings (SSSR count). The number of amides is 1. The van der Waals surface area contributed by atoms with E-state index in [1.54, 1.807) is 0 Å². The van der Waals surface area contributed by atoms with Gasteiger partial charge in [-0.15, -0.1) is 0 Å². The van der Waals surface area contributed by atoms with E-state index in [-0.39, 0.29) is 17.9 Å². The molecule has 0 saturated heterocycles. The fourth-order valence-electron chi connectivity index (χ4n) is 3.19. The van der Waals surface area contributed by atoms with Crippen molar-refractivity contribution in [2.24, 2.45) is 23.2 Å². The van der Waals surface area contributed by atoms with Gasteiger partial charge in [0.1, 0.15) is 0 Å². The van der Waals surface area contributed by atoms with E-state index in [4.69, 9.17) is 5.11 Å². The van der Waals surface area contributed by atoms with Crippen molar-refractivity contribution in [1.29, 1.82) is 0 Å². The highest BCUT2D eigenvalue weighted by molar-refractivity contribution is 5.82. The molecule has 2 atom stereocenters. The zero-order valence-corrected chi connectivity index (χ0v) is 11.0. The fraction of sp³-hybridized carbons (Fsp3) is 0.929. The molecule has 0 spiro atoms. The number of aliphatic hydroxyl groups excluding tert-OH is 1. The highest BCUT2D eigenvalue weighted by atomic mass is 16.3. The summed E-state index contributed by atoms with van der Waals surface area (Å²) in [6.45, 7) is 5.09. The Morgan fingerprint density at radius 1 is 1.35 bits per heavy atom. The summed E-state index contributed by atoms with van der Waals surface area (Å²) in [6, 6.07) is 0. The predicted octanol–water partition coefficient (Wildman–Crippen LogP) is 1.95. The number of nitrogens with one attached hydrogen (secondary N) is 1. The van der Waals surface area contributed by atoms with Crippen molar-refractivity contribution < 1.29 is 9.90 Å². The first kappa shape index (κ1) is 12.9.